The monoisotopic (exact) mass is 338 g/mol. The molecule has 6 nitrogen and oxygen atoms in total. The molecule has 0 saturated heterocycles. The van der Waals surface area contributed by atoms with Crippen molar-refractivity contribution in [2.45, 2.75) is 40.2 Å². The fourth-order valence-corrected chi connectivity index (χ4v) is 1.96. The van der Waals surface area contributed by atoms with Gasteiger partial charge < -0.3 is 15.7 Å². The van der Waals surface area contributed by atoms with Crippen LogP contribution in [-0.2, 0) is 9.59 Å². The number of carboxylic acids is 1. The Morgan fingerprint density at radius 2 is 1.79 bits per heavy atom. The van der Waals surface area contributed by atoms with E-state index in [2.05, 4.69) is 10.6 Å². The fourth-order valence-electron chi connectivity index (χ4n) is 1.96. The molecule has 1 aromatic rings. The van der Waals surface area contributed by atoms with Gasteiger partial charge in [0.1, 0.15) is 5.82 Å². The van der Waals surface area contributed by atoms with Gasteiger partial charge in [0.15, 0.2) is 0 Å². The molecular formula is C17H23FN2O4. The van der Waals surface area contributed by atoms with Crippen LogP contribution in [0.2, 0.25) is 0 Å². The zero-order valence-electron chi connectivity index (χ0n) is 14.2. The first-order valence-electron chi connectivity index (χ1n) is 7.74. The Bertz CT molecular complexity index is 631. The van der Waals surface area contributed by atoms with Crippen LogP contribution in [0.15, 0.2) is 18.2 Å². The maximum absolute atomic E-state index is 14.0. The molecule has 0 saturated carbocycles. The fraction of sp³-hybridized carbons (Fsp3) is 0.471. The number of hydrogen-bond acceptors (Lipinski definition) is 3. The van der Waals surface area contributed by atoms with E-state index in [9.17, 15) is 18.8 Å². The van der Waals surface area contributed by atoms with Gasteiger partial charge in [-0.15, -0.1) is 0 Å². The third kappa shape index (κ3) is 5.64. The van der Waals surface area contributed by atoms with Gasteiger partial charge in [-0.25, -0.2) is 4.39 Å². The Morgan fingerprint density at radius 1 is 1.17 bits per heavy atom. The Hall–Kier alpha value is -2.44. The molecule has 132 valence electrons. The highest BCUT2D eigenvalue weighted by molar-refractivity contribution is 5.96. The van der Waals surface area contributed by atoms with Gasteiger partial charge in [-0.3, -0.25) is 14.4 Å². The number of halogens is 1. The van der Waals surface area contributed by atoms with Crippen molar-refractivity contribution in [1.29, 1.82) is 0 Å². The van der Waals surface area contributed by atoms with Gasteiger partial charge in [-0.1, -0.05) is 13.8 Å². The maximum Gasteiger partial charge on any atom is 0.308 e. The van der Waals surface area contributed by atoms with E-state index in [1.807, 2.05) is 13.8 Å². The van der Waals surface area contributed by atoms with Crippen molar-refractivity contribution in [2.24, 2.45) is 11.8 Å². The van der Waals surface area contributed by atoms with Gasteiger partial charge >= 0.3 is 5.97 Å². The number of amides is 2. The summed E-state index contributed by atoms with van der Waals surface area (Å²) in [6.07, 6.45) is 0.270. The zero-order chi connectivity index (χ0) is 18.4. The molecule has 2 atom stereocenters. The van der Waals surface area contributed by atoms with Crippen LogP contribution < -0.4 is 10.6 Å². The molecule has 0 bridgehead atoms. The molecule has 2 amide bonds. The van der Waals surface area contributed by atoms with E-state index < -0.39 is 29.7 Å². The Balaban J connectivity index is 2.78. The molecule has 0 aliphatic carbocycles. The van der Waals surface area contributed by atoms with E-state index in [0.717, 1.165) is 6.07 Å². The van der Waals surface area contributed by atoms with Crippen molar-refractivity contribution in [2.75, 3.05) is 5.32 Å². The average molecular weight is 338 g/mol. The van der Waals surface area contributed by atoms with Crippen LogP contribution in [-0.4, -0.2) is 28.9 Å². The van der Waals surface area contributed by atoms with E-state index in [-0.39, 0.29) is 29.5 Å². The third-order valence-electron chi connectivity index (χ3n) is 3.60. The van der Waals surface area contributed by atoms with Gasteiger partial charge in [0.25, 0.3) is 5.91 Å². The first kappa shape index (κ1) is 19.6. The number of rotatable bonds is 7. The highest BCUT2D eigenvalue weighted by atomic mass is 19.1. The summed E-state index contributed by atoms with van der Waals surface area (Å²) in [6.45, 7) is 6.79. The number of carbonyl (C=O) groups is 3. The first-order valence-corrected chi connectivity index (χ1v) is 7.74. The number of benzene rings is 1. The molecule has 1 aromatic carbocycles. The lowest BCUT2D eigenvalue weighted by Crippen LogP contribution is -2.40. The van der Waals surface area contributed by atoms with Gasteiger partial charge in [-0.05, 0) is 38.0 Å². The van der Waals surface area contributed by atoms with Crippen LogP contribution in [0.1, 0.15) is 44.5 Å². The topological polar surface area (TPSA) is 95.5 Å². The third-order valence-corrected chi connectivity index (χ3v) is 3.60. The Morgan fingerprint density at radius 3 is 2.29 bits per heavy atom. The second-order valence-electron chi connectivity index (χ2n) is 6.23. The summed E-state index contributed by atoms with van der Waals surface area (Å²) in [4.78, 5) is 34.6. The Labute approximate surface area is 140 Å². The molecule has 0 fully saturated rings. The Kier molecular flexibility index (Phi) is 6.88. The highest BCUT2D eigenvalue weighted by Crippen LogP contribution is 2.17. The molecule has 3 N–H and O–H groups in total. The molecule has 1 rings (SSSR count). The van der Waals surface area contributed by atoms with Gasteiger partial charge in [-0.2, -0.15) is 0 Å². The van der Waals surface area contributed by atoms with Crippen LogP contribution in [0.4, 0.5) is 10.1 Å². The minimum absolute atomic E-state index is 0.00384. The van der Waals surface area contributed by atoms with Crippen LogP contribution in [0, 0.1) is 17.7 Å². The van der Waals surface area contributed by atoms with E-state index in [4.69, 9.17) is 5.11 Å². The molecule has 0 aliphatic heterocycles. The number of carbonyl (C=O) groups excluding carboxylic acids is 2. The van der Waals surface area contributed by atoms with Gasteiger partial charge in [0.2, 0.25) is 5.91 Å². The van der Waals surface area contributed by atoms with Crippen molar-refractivity contribution in [3.63, 3.8) is 0 Å². The minimum atomic E-state index is -1.03. The van der Waals surface area contributed by atoms with Crippen molar-refractivity contribution in [3.05, 3.63) is 29.6 Å². The summed E-state index contributed by atoms with van der Waals surface area (Å²) in [5.41, 5.74) is 0.0583. The molecule has 0 radical (unpaired) electrons. The molecule has 0 heterocycles. The van der Waals surface area contributed by atoms with E-state index in [0.29, 0.717) is 0 Å². The van der Waals surface area contributed by atoms with Crippen LogP contribution >= 0.6 is 0 Å². The summed E-state index contributed by atoms with van der Waals surface area (Å²) in [6, 6.07) is 3.09. The molecule has 24 heavy (non-hydrogen) atoms. The molecule has 7 heteroatoms. The molecule has 0 aromatic heterocycles. The standard InChI is InChI=1S/C17H23FN2O4/c1-9(2)7-15(21)20-14-6-5-12(8-13(14)18)16(22)19-11(4)10(3)17(23)24/h5-6,8-11H,7H2,1-4H3,(H,19,22)(H,20,21)(H,23,24). The summed E-state index contributed by atoms with van der Waals surface area (Å²) < 4.78 is 14.0. The summed E-state index contributed by atoms with van der Waals surface area (Å²) >= 11 is 0. The molecule has 2 unspecified atom stereocenters. The minimum Gasteiger partial charge on any atom is -0.481 e. The average Bonchev–Trinajstić information content (AvgIpc) is 2.47. The van der Waals surface area contributed by atoms with E-state index in [1.54, 1.807) is 6.92 Å². The summed E-state index contributed by atoms with van der Waals surface area (Å²) in [7, 11) is 0. The first-order chi connectivity index (χ1) is 11.1. The maximum atomic E-state index is 14.0. The van der Waals surface area contributed by atoms with Crippen LogP contribution in [0.25, 0.3) is 0 Å². The van der Waals surface area contributed by atoms with E-state index >= 15 is 0 Å². The van der Waals surface area contributed by atoms with Gasteiger partial charge in [0, 0.05) is 18.0 Å². The molecule has 0 spiro atoms. The van der Waals surface area contributed by atoms with Crippen LogP contribution in [0.5, 0.6) is 0 Å². The predicted octanol–water partition coefficient (Wildman–Crippen LogP) is 2.65. The number of hydrogen-bond donors (Lipinski definition) is 3. The molecule has 0 aliphatic rings. The normalized spacial score (nSPS) is 13.2. The van der Waals surface area contributed by atoms with Crippen molar-refractivity contribution in [3.8, 4) is 0 Å². The van der Waals surface area contributed by atoms with Crippen molar-refractivity contribution in [1.82, 2.24) is 5.32 Å². The number of carboxylic acid groups (broad SMARTS) is 1. The zero-order valence-corrected chi connectivity index (χ0v) is 14.2. The highest BCUT2D eigenvalue weighted by Gasteiger charge is 2.22. The second-order valence-corrected chi connectivity index (χ2v) is 6.23. The summed E-state index contributed by atoms with van der Waals surface area (Å²) in [5, 5.41) is 13.9. The number of aliphatic carboxylic acids is 1. The smallest absolute Gasteiger partial charge is 0.308 e. The van der Waals surface area contributed by atoms with Crippen molar-refractivity contribution < 1.29 is 23.9 Å². The number of anilines is 1. The lowest BCUT2D eigenvalue weighted by Gasteiger charge is -2.18. The SMILES string of the molecule is CC(C)CC(=O)Nc1ccc(C(=O)NC(C)C(C)C(=O)O)cc1F. The number of nitrogens with one attached hydrogen (secondary N) is 2. The predicted molar refractivity (Wildman–Crippen MR) is 88.2 cm³/mol. The van der Waals surface area contributed by atoms with E-state index in [1.165, 1.54) is 19.1 Å². The van der Waals surface area contributed by atoms with Crippen molar-refractivity contribution >= 4 is 23.5 Å². The quantitative estimate of drug-likeness (QED) is 0.712. The lowest BCUT2D eigenvalue weighted by molar-refractivity contribution is -0.141. The second kappa shape index (κ2) is 8.42. The van der Waals surface area contributed by atoms with Gasteiger partial charge in [0.05, 0.1) is 11.6 Å². The molecular weight excluding hydrogens is 315 g/mol. The summed E-state index contributed by atoms with van der Waals surface area (Å²) in [5.74, 6) is -3.25. The van der Waals surface area contributed by atoms with Crippen LogP contribution in [0.3, 0.4) is 0 Å². The largest absolute Gasteiger partial charge is 0.481 e. The lowest BCUT2D eigenvalue weighted by atomic mass is 10.0.